The topological polar surface area (TPSA) is 102 Å². The first-order valence-corrected chi connectivity index (χ1v) is 12.9. The van der Waals surface area contributed by atoms with Gasteiger partial charge in [-0.15, -0.1) is 11.3 Å². The highest BCUT2D eigenvalue weighted by molar-refractivity contribution is 7.89. The molecule has 0 aliphatic heterocycles. The third-order valence-electron chi connectivity index (χ3n) is 5.21. The second kappa shape index (κ2) is 9.78. The molecule has 9 heteroatoms. The molecule has 7 nitrogen and oxygen atoms in total. The third kappa shape index (κ3) is 5.44. The first-order chi connectivity index (χ1) is 15.9. The van der Waals surface area contributed by atoms with E-state index in [0.29, 0.717) is 11.4 Å². The molecule has 1 N–H and O–H groups in total. The number of hydrogen-bond donors (Lipinski definition) is 1. The van der Waals surface area contributed by atoms with Crippen molar-refractivity contribution < 1.29 is 13.3 Å². The van der Waals surface area contributed by atoms with Gasteiger partial charge >= 0.3 is 0 Å². The summed E-state index contributed by atoms with van der Waals surface area (Å²) in [5.41, 5.74) is 2.71. The zero-order valence-electron chi connectivity index (χ0n) is 18.0. The minimum Gasteiger partial charge on any atom is -0.258 e. The van der Waals surface area contributed by atoms with Crippen molar-refractivity contribution in [3.8, 4) is 0 Å². The number of benzene rings is 3. The number of aryl methyl sites for hydroxylation is 1. The Balaban J connectivity index is 1.71. The number of nitro groups is 1. The predicted molar refractivity (Wildman–Crippen MR) is 130 cm³/mol. The number of fused-ring (bicyclic) bond motifs is 1. The summed E-state index contributed by atoms with van der Waals surface area (Å²) >= 11 is 1.44. The Morgan fingerprint density at radius 2 is 1.79 bits per heavy atom. The smallest absolute Gasteiger partial charge is 0.258 e. The zero-order valence-corrected chi connectivity index (χ0v) is 19.6. The van der Waals surface area contributed by atoms with Gasteiger partial charge in [-0.2, -0.15) is 0 Å². The van der Waals surface area contributed by atoms with Crippen LogP contribution >= 0.6 is 11.3 Å². The van der Waals surface area contributed by atoms with E-state index in [2.05, 4.69) is 28.8 Å². The molecule has 3 aromatic carbocycles. The van der Waals surface area contributed by atoms with Crippen molar-refractivity contribution in [3.05, 3.63) is 99.0 Å². The number of non-ortho nitro benzene ring substituents is 1. The Hall–Kier alpha value is -3.14. The van der Waals surface area contributed by atoms with Crippen molar-refractivity contribution in [2.75, 3.05) is 0 Å². The van der Waals surface area contributed by atoms with Crippen molar-refractivity contribution in [2.24, 2.45) is 0 Å². The van der Waals surface area contributed by atoms with Gasteiger partial charge in [-0.3, -0.25) is 10.1 Å². The highest BCUT2D eigenvalue weighted by Gasteiger charge is 2.26. The van der Waals surface area contributed by atoms with Gasteiger partial charge in [0.1, 0.15) is 5.01 Å². The summed E-state index contributed by atoms with van der Waals surface area (Å²) in [5.74, 6) is 0. The van der Waals surface area contributed by atoms with Crippen LogP contribution in [0.5, 0.6) is 0 Å². The van der Waals surface area contributed by atoms with E-state index in [1.165, 1.54) is 35.1 Å². The summed E-state index contributed by atoms with van der Waals surface area (Å²) in [6.45, 7) is 2.11. The van der Waals surface area contributed by atoms with E-state index >= 15 is 0 Å². The molecule has 1 heterocycles. The molecule has 0 saturated heterocycles. The highest BCUT2D eigenvalue weighted by atomic mass is 32.2. The van der Waals surface area contributed by atoms with Crippen LogP contribution in [0.4, 0.5) is 5.69 Å². The van der Waals surface area contributed by atoms with Crippen LogP contribution < -0.4 is 4.72 Å². The fraction of sp³-hybridized carbons (Fsp3) is 0.208. The molecule has 0 bridgehead atoms. The van der Waals surface area contributed by atoms with Crippen molar-refractivity contribution in [2.45, 2.75) is 37.1 Å². The molecule has 4 rings (SSSR count). The number of nitrogens with zero attached hydrogens (tertiary/aromatic N) is 2. The minimum atomic E-state index is -4.03. The number of nitro benzene ring substituents is 1. The van der Waals surface area contributed by atoms with Gasteiger partial charge in [0.05, 0.1) is 26.1 Å². The Morgan fingerprint density at radius 1 is 1.03 bits per heavy atom. The van der Waals surface area contributed by atoms with Crippen LogP contribution in [0.1, 0.15) is 35.5 Å². The summed E-state index contributed by atoms with van der Waals surface area (Å²) in [6, 6.07) is 20.2. The highest BCUT2D eigenvalue weighted by Crippen LogP contribution is 2.30. The molecular weight excluding hydrogens is 458 g/mol. The number of sulfonamides is 1. The minimum absolute atomic E-state index is 0.150. The first kappa shape index (κ1) is 23.0. The number of aromatic nitrogens is 1. The summed E-state index contributed by atoms with van der Waals surface area (Å²) in [6.07, 6.45) is 2.37. The van der Waals surface area contributed by atoms with E-state index < -0.39 is 21.0 Å². The summed E-state index contributed by atoms with van der Waals surface area (Å²) in [5, 5.41) is 11.8. The fourth-order valence-electron chi connectivity index (χ4n) is 3.67. The maximum atomic E-state index is 13.2. The summed E-state index contributed by atoms with van der Waals surface area (Å²) in [4.78, 5) is 15.0. The molecule has 170 valence electrons. The number of rotatable bonds is 9. The SMILES string of the molecule is CCCc1cccc(CC(NS(=O)(=O)c2cccc([N+](=O)[O-])c2)c2nc3ccccc3s2)c1. The van der Waals surface area contributed by atoms with Gasteiger partial charge in [0.2, 0.25) is 10.0 Å². The standard InChI is InChI=1S/C24H23N3O4S2/c1-2-7-17-8-5-9-18(14-17)15-22(24-25-21-12-3-4-13-23(21)32-24)26-33(30,31)20-11-6-10-19(16-20)27(28)29/h3-6,8-14,16,22,26H,2,7,15H2,1H3. The Bertz CT molecular complexity index is 1370. The Labute approximate surface area is 196 Å². The van der Waals surface area contributed by atoms with Crippen LogP contribution in [0.15, 0.2) is 77.7 Å². The normalized spacial score (nSPS) is 12.6. The molecule has 0 saturated carbocycles. The van der Waals surface area contributed by atoms with E-state index in [0.717, 1.165) is 34.7 Å². The summed E-state index contributed by atoms with van der Waals surface area (Å²) < 4.78 is 30.1. The molecule has 1 aromatic heterocycles. The molecule has 0 radical (unpaired) electrons. The number of para-hydroxylation sites is 1. The molecule has 0 spiro atoms. The van der Waals surface area contributed by atoms with Gasteiger partial charge in [0, 0.05) is 12.1 Å². The van der Waals surface area contributed by atoms with Crippen LogP contribution in [0.2, 0.25) is 0 Å². The monoisotopic (exact) mass is 481 g/mol. The number of nitrogens with one attached hydrogen (secondary N) is 1. The van der Waals surface area contributed by atoms with Gasteiger partial charge in [-0.1, -0.05) is 55.8 Å². The maximum absolute atomic E-state index is 13.2. The van der Waals surface area contributed by atoms with Gasteiger partial charge < -0.3 is 0 Å². The maximum Gasteiger partial charge on any atom is 0.270 e. The predicted octanol–water partition coefficient (Wildman–Crippen LogP) is 5.42. The largest absolute Gasteiger partial charge is 0.270 e. The number of hydrogen-bond acceptors (Lipinski definition) is 6. The average molecular weight is 482 g/mol. The average Bonchev–Trinajstić information content (AvgIpc) is 3.23. The van der Waals surface area contributed by atoms with Gasteiger partial charge in [-0.25, -0.2) is 18.1 Å². The lowest BCUT2D eigenvalue weighted by atomic mass is 10.0. The fourth-order valence-corrected chi connectivity index (χ4v) is 6.01. The summed E-state index contributed by atoms with van der Waals surface area (Å²) in [7, 11) is -4.03. The second-order valence-corrected chi connectivity index (χ2v) is 10.5. The van der Waals surface area contributed by atoms with Crippen LogP contribution in [-0.2, 0) is 22.9 Å². The van der Waals surface area contributed by atoms with Crippen LogP contribution in [0, 0.1) is 10.1 Å². The second-order valence-electron chi connectivity index (χ2n) is 7.72. The Morgan fingerprint density at radius 3 is 2.55 bits per heavy atom. The lowest BCUT2D eigenvalue weighted by Crippen LogP contribution is -2.30. The lowest BCUT2D eigenvalue weighted by molar-refractivity contribution is -0.385. The zero-order chi connectivity index (χ0) is 23.4. The molecule has 1 unspecified atom stereocenters. The molecule has 4 aromatic rings. The molecule has 0 aliphatic carbocycles. The van der Waals surface area contributed by atoms with Crippen molar-refractivity contribution in [3.63, 3.8) is 0 Å². The van der Waals surface area contributed by atoms with Gasteiger partial charge in [0.15, 0.2) is 0 Å². The molecule has 0 amide bonds. The van der Waals surface area contributed by atoms with Gasteiger partial charge in [-0.05, 0) is 42.2 Å². The Kier molecular flexibility index (Phi) is 6.83. The number of thiazole rings is 1. The van der Waals surface area contributed by atoms with Crippen molar-refractivity contribution >= 4 is 37.3 Å². The van der Waals surface area contributed by atoms with Gasteiger partial charge in [0.25, 0.3) is 5.69 Å². The lowest BCUT2D eigenvalue weighted by Gasteiger charge is -2.17. The van der Waals surface area contributed by atoms with Crippen molar-refractivity contribution in [1.82, 2.24) is 9.71 Å². The third-order valence-corrected chi connectivity index (χ3v) is 7.83. The molecular formula is C24H23N3O4S2. The molecule has 0 fully saturated rings. The van der Waals surface area contributed by atoms with E-state index in [-0.39, 0.29) is 10.6 Å². The van der Waals surface area contributed by atoms with Crippen molar-refractivity contribution in [1.29, 1.82) is 0 Å². The van der Waals surface area contributed by atoms with E-state index in [9.17, 15) is 18.5 Å². The molecule has 33 heavy (non-hydrogen) atoms. The first-order valence-electron chi connectivity index (χ1n) is 10.6. The molecule has 0 aliphatic rings. The quantitative estimate of drug-likeness (QED) is 0.254. The van der Waals surface area contributed by atoms with Crippen LogP contribution in [0.3, 0.4) is 0 Å². The van der Waals surface area contributed by atoms with Crippen LogP contribution in [-0.4, -0.2) is 18.3 Å². The van der Waals surface area contributed by atoms with E-state index in [1.807, 2.05) is 36.4 Å². The molecule has 1 atom stereocenters. The van der Waals surface area contributed by atoms with E-state index in [1.54, 1.807) is 0 Å². The van der Waals surface area contributed by atoms with Crippen LogP contribution in [0.25, 0.3) is 10.2 Å². The van der Waals surface area contributed by atoms with E-state index in [4.69, 9.17) is 0 Å².